The predicted octanol–water partition coefficient (Wildman–Crippen LogP) is 22.2. The SMILES string of the molecule is CC/C=C\C/C=C\C/C=C\C/C=C\CCCCCCCCCCCCCCCCCCC(=O)OCC(COC(=O)CCCCCCCCCCCCCC)OC(=O)CCCCCCCCCCCCCCCCC. The first-order valence-corrected chi connectivity index (χ1v) is 32.6. The number of allylic oxidation sites excluding steroid dienone is 8. The van der Waals surface area contributed by atoms with Crippen molar-refractivity contribution in [2.45, 2.75) is 354 Å². The van der Waals surface area contributed by atoms with Crippen LogP contribution in [-0.2, 0) is 28.6 Å². The highest BCUT2D eigenvalue weighted by atomic mass is 16.6. The number of rotatable bonds is 60. The summed E-state index contributed by atoms with van der Waals surface area (Å²) in [6, 6.07) is 0. The number of ether oxygens (including phenoxy) is 3. The number of hydrogen-bond donors (Lipinski definition) is 0. The first-order valence-electron chi connectivity index (χ1n) is 32.6. The van der Waals surface area contributed by atoms with Gasteiger partial charge in [0.05, 0.1) is 0 Å². The van der Waals surface area contributed by atoms with Crippen LogP contribution in [0.25, 0.3) is 0 Å². The molecule has 0 amide bonds. The summed E-state index contributed by atoms with van der Waals surface area (Å²) < 4.78 is 16.9. The van der Waals surface area contributed by atoms with Crippen molar-refractivity contribution in [2.24, 2.45) is 0 Å². The molecule has 432 valence electrons. The molecule has 74 heavy (non-hydrogen) atoms. The van der Waals surface area contributed by atoms with E-state index in [0.29, 0.717) is 19.3 Å². The molecule has 0 aromatic rings. The summed E-state index contributed by atoms with van der Waals surface area (Å²) in [5.74, 6) is -0.842. The zero-order chi connectivity index (χ0) is 53.6. The van der Waals surface area contributed by atoms with Gasteiger partial charge in [-0.2, -0.15) is 0 Å². The van der Waals surface area contributed by atoms with Crippen molar-refractivity contribution in [3.05, 3.63) is 48.6 Å². The van der Waals surface area contributed by atoms with E-state index in [1.54, 1.807) is 0 Å². The van der Waals surface area contributed by atoms with E-state index in [1.165, 1.54) is 225 Å². The lowest BCUT2D eigenvalue weighted by atomic mass is 10.0. The predicted molar refractivity (Wildman–Crippen MR) is 321 cm³/mol. The molecule has 0 fully saturated rings. The normalized spacial score (nSPS) is 12.3. The molecule has 6 nitrogen and oxygen atoms in total. The smallest absolute Gasteiger partial charge is 0.306 e. The zero-order valence-corrected chi connectivity index (χ0v) is 49.6. The summed E-state index contributed by atoms with van der Waals surface area (Å²) in [5, 5.41) is 0. The standard InChI is InChI=1S/C68H124O6/c1-4-7-10-13-16-19-22-25-27-28-29-30-31-32-33-34-35-36-37-38-39-40-42-43-46-49-52-55-58-61-67(70)73-64-65(63-72-66(69)60-57-54-51-48-45-24-21-18-15-12-9-6-3)74-68(71)62-59-56-53-50-47-44-41-26-23-20-17-14-11-8-5-2/h7,10,16,19,25,27,29-30,65H,4-6,8-9,11-15,17-18,20-24,26,28,31-64H2,1-3H3/b10-7-,19-16-,27-25-,30-29-. The van der Waals surface area contributed by atoms with E-state index in [0.717, 1.165) is 83.5 Å². The molecule has 1 atom stereocenters. The van der Waals surface area contributed by atoms with Crippen LogP contribution in [0.2, 0.25) is 0 Å². The van der Waals surface area contributed by atoms with E-state index in [9.17, 15) is 14.4 Å². The van der Waals surface area contributed by atoms with Crippen LogP contribution >= 0.6 is 0 Å². The summed E-state index contributed by atoms with van der Waals surface area (Å²) in [5.41, 5.74) is 0. The van der Waals surface area contributed by atoms with E-state index in [-0.39, 0.29) is 31.1 Å². The van der Waals surface area contributed by atoms with Crippen LogP contribution in [0.3, 0.4) is 0 Å². The van der Waals surface area contributed by atoms with Gasteiger partial charge >= 0.3 is 17.9 Å². The molecular weight excluding hydrogens is 913 g/mol. The van der Waals surface area contributed by atoms with Crippen molar-refractivity contribution in [1.29, 1.82) is 0 Å². The third-order valence-electron chi connectivity index (χ3n) is 14.6. The van der Waals surface area contributed by atoms with Crippen LogP contribution in [0.5, 0.6) is 0 Å². The lowest BCUT2D eigenvalue weighted by Crippen LogP contribution is -2.30. The fourth-order valence-corrected chi connectivity index (χ4v) is 9.73. The average molecular weight is 1040 g/mol. The number of carbonyl (C=O) groups excluding carboxylic acids is 3. The Kier molecular flexibility index (Phi) is 60.7. The Morgan fingerprint density at radius 1 is 0.284 bits per heavy atom. The number of carbonyl (C=O) groups is 3. The van der Waals surface area contributed by atoms with Gasteiger partial charge in [-0.15, -0.1) is 0 Å². The Balaban J connectivity index is 4.15. The topological polar surface area (TPSA) is 78.9 Å². The van der Waals surface area contributed by atoms with E-state index < -0.39 is 6.10 Å². The summed E-state index contributed by atoms with van der Waals surface area (Å²) >= 11 is 0. The summed E-state index contributed by atoms with van der Waals surface area (Å²) in [6.07, 6.45) is 78.4. The van der Waals surface area contributed by atoms with Crippen molar-refractivity contribution in [1.82, 2.24) is 0 Å². The quantitative estimate of drug-likeness (QED) is 0.0261. The minimum atomic E-state index is -0.767. The molecule has 0 aliphatic carbocycles. The second-order valence-corrected chi connectivity index (χ2v) is 22.0. The van der Waals surface area contributed by atoms with Gasteiger partial charge in [-0.3, -0.25) is 14.4 Å². The van der Waals surface area contributed by atoms with Gasteiger partial charge in [-0.25, -0.2) is 0 Å². The maximum Gasteiger partial charge on any atom is 0.306 e. The lowest BCUT2D eigenvalue weighted by molar-refractivity contribution is -0.167. The average Bonchev–Trinajstić information content (AvgIpc) is 3.40. The molecular formula is C68H124O6. The van der Waals surface area contributed by atoms with Gasteiger partial charge in [0, 0.05) is 19.3 Å². The Morgan fingerprint density at radius 3 is 0.824 bits per heavy atom. The Hall–Kier alpha value is -2.63. The van der Waals surface area contributed by atoms with Crippen LogP contribution in [0.1, 0.15) is 348 Å². The Morgan fingerprint density at radius 2 is 0.527 bits per heavy atom. The second kappa shape index (κ2) is 62.9. The number of unbranched alkanes of at least 4 members (excludes halogenated alkanes) is 41. The largest absolute Gasteiger partial charge is 0.462 e. The van der Waals surface area contributed by atoms with Crippen molar-refractivity contribution >= 4 is 17.9 Å². The summed E-state index contributed by atoms with van der Waals surface area (Å²) in [4.78, 5) is 38.2. The molecule has 0 spiro atoms. The molecule has 0 aromatic carbocycles. The molecule has 0 saturated heterocycles. The molecule has 0 radical (unpaired) electrons. The first-order chi connectivity index (χ1) is 36.5. The van der Waals surface area contributed by atoms with Gasteiger partial charge in [-0.05, 0) is 57.8 Å². The molecule has 0 N–H and O–H groups in total. The second-order valence-electron chi connectivity index (χ2n) is 22.0. The van der Waals surface area contributed by atoms with Gasteiger partial charge in [0.15, 0.2) is 6.10 Å². The monoisotopic (exact) mass is 1040 g/mol. The third kappa shape index (κ3) is 60.2. The fraction of sp³-hybridized carbons (Fsp3) is 0.838. The van der Waals surface area contributed by atoms with Crippen LogP contribution in [0, 0.1) is 0 Å². The Bertz CT molecular complexity index is 1280. The minimum absolute atomic E-state index is 0.0659. The molecule has 0 aliphatic rings. The number of hydrogen-bond acceptors (Lipinski definition) is 6. The number of esters is 3. The van der Waals surface area contributed by atoms with Crippen LogP contribution in [-0.4, -0.2) is 37.2 Å². The highest BCUT2D eigenvalue weighted by Gasteiger charge is 2.19. The molecule has 1 unspecified atom stereocenters. The van der Waals surface area contributed by atoms with Crippen LogP contribution in [0.15, 0.2) is 48.6 Å². The van der Waals surface area contributed by atoms with Crippen molar-refractivity contribution < 1.29 is 28.6 Å². The fourth-order valence-electron chi connectivity index (χ4n) is 9.73. The van der Waals surface area contributed by atoms with Crippen molar-refractivity contribution in [3.63, 3.8) is 0 Å². The molecule has 0 rings (SSSR count). The summed E-state index contributed by atoms with van der Waals surface area (Å²) in [6.45, 7) is 6.58. The van der Waals surface area contributed by atoms with Crippen molar-refractivity contribution in [3.8, 4) is 0 Å². The van der Waals surface area contributed by atoms with E-state index in [1.807, 2.05) is 0 Å². The maximum absolute atomic E-state index is 12.9. The molecule has 0 aliphatic heterocycles. The van der Waals surface area contributed by atoms with E-state index >= 15 is 0 Å². The molecule has 0 saturated carbocycles. The zero-order valence-electron chi connectivity index (χ0n) is 49.6. The van der Waals surface area contributed by atoms with Crippen molar-refractivity contribution in [2.75, 3.05) is 13.2 Å². The van der Waals surface area contributed by atoms with E-state index in [4.69, 9.17) is 14.2 Å². The Labute approximate surface area is 460 Å². The first kappa shape index (κ1) is 71.4. The molecule has 0 bridgehead atoms. The van der Waals surface area contributed by atoms with Gasteiger partial charge in [0.2, 0.25) is 0 Å². The maximum atomic E-state index is 12.9. The van der Waals surface area contributed by atoms with E-state index in [2.05, 4.69) is 69.4 Å². The van der Waals surface area contributed by atoms with Gasteiger partial charge < -0.3 is 14.2 Å². The van der Waals surface area contributed by atoms with Crippen LogP contribution < -0.4 is 0 Å². The van der Waals surface area contributed by atoms with Crippen LogP contribution in [0.4, 0.5) is 0 Å². The van der Waals surface area contributed by atoms with Gasteiger partial charge in [-0.1, -0.05) is 320 Å². The van der Waals surface area contributed by atoms with Gasteiger partial charge in [0.25, 0.3) is 0 Å². The molecule has 0 aromatic heterocycles. The van der Waals surface area contributed by atoms with Gasteiger partial charge in [0.1, 0.15) is 13.2 Å². The minimum Gasteiger partial charge on any atom is -0.462 e. The molecule has 6 heteroatoms. The highest BCUT2D eigenvalue weighted by Crippen LogP contribution is 2.18. The lowest BCUT2D eigenvalue weighted by Gasteiger charge is -2.18. The molecule has 0 heterocycles. The highest BCUT2D eigenvalue weighted by molar-refractivity contribution is 5.71. The summed E-state index contributed by atoms with van der Waals surface area (Å²) in [7, 11) is 0. The third-order valence-corrected chi connectivity index (χ3v) is 14.6.